The lowest BCUT2D eigenvalue weighted by Gasteiger charge is -2.12. The molecule has 0 saturated carbocycles. The summed E-state index contributed by atoms with van der Waals surface area (Å²) in [6, 6.07) is 3.03. The molecule has 0 aliphatic rings. The molecule has 11 heteroatoms. The average molecular weight is 296 g/mol. The van der Waals surface area contributed by atoms with Crippen LogP contribution in [0.1, 0.15) is 5.56 Å². The zero-order valence-electron chi connectivity index (χ0n) is 10.1. The zero-order valence-corrected chi connectivity index (χ0v) is 10.1. The minimum absolute atomic E-state index is 0.0403. The first-order valence-electron chi connectivity index (χ1n) is 4.77. The van der Waals surface area contributed by atoms with E-state index < -0.39 is 22.8 Å². The first-order chi connectivity index (χ1) is 9.06. The number of nitrogens with one attached hydrogen (secondary N) is 2. The van der Waals surface area contributed by atoms with Crippen molar-refractivity contribution < 1.29 is 28.2 Å². The minimum Gasteiger partial charge on any atom is -0.497 e. The monoisotopic (exact) mass is 296 g/mol. The number of hydrogen-bond donors (Lipinski definition) is 4. The molecule has 1 aromatic rings. The van der Waals surface area contributed by atoms with Crippen molar-refractivity contribution in [1.82, 2.24) is 0 Å². The highest BCUT2D eigenvalue weighted by atomic mass is 19.4. The Morgan fingerprint density at radius 2 is 2.00 bits per heavy atom. The first kappa shape index (κ1) is 17.3. The van der Waals surface area contributed by atoms with Crippen molar-refractivity contribution in [3.8, 4) is 5.75 Å². The normalized spacial score (nSPS) is 10.0. The Morgan fingerprint density at radius 3 is 2.35 bits per heavy atom. The number of ether oxygens (including phenoxy) is 1. The fourth-order valence-corrected chi connectivity index (χ4v) is 1.11. The molecular formula is C9H11F3N4O4. The number of benzene rings is 1. The van der Waals surface area contributed by atoms with Crippen LogP contribution in [-0.2, 0) is 6.18 Å². The standard InChI is InChI=1S/C9H10F3N3O.HNO3/c1-16-7-3-5(9(10,11)12)2-6(4-7)15-8(13)14;2-1(3)4/h2-4H,1H3,(H4,13,14,15);(H,2,3,4). The summed E-state index contributed by atoms with van der Waals surface area (Å²) >= 11 is 0. The second-order valence-electron chi connectivity index (χ2n) is 3.22. The smallest absolute Gasteiger partial charge is 0.416 e. The van der Waals surface area contributed by atoms with Gasteiger partial charge in [0.25, 0.3) is 5.09 Å². The number of alkyl halides is 3. The lowest BCUT2D eigenvalue weighted by atomic mass is 10.2. The Hall–Kier alpha value is -2.72. The molecule has 0 atom stereocenters. The molecule has 1 rings (SSSR count). The van der Waals surface area contributed by atoms with Gasteiger partial charge >= 0.3 is 6.18 Å². The Morgan fingerprint density at radius 1 is 1.50 bits per heavy atom. The lowest BCUT2D eigenvalue weighted by Crippen LogP contribution is -2.20. The summed E-state index contributed by atoms with van der Waals surface area (Å²) in [5, 5.41) is 22.8. The van der Waals surface area contributed by atoms with Gasteiger partial charge in [-0.2, -0.15) is 13.2 Å². The number of hydrogen-bond acceptors (Lipinski definition) is 4. The molecule has 0 aromatic heterocycles. The largest absolute Gasteiger partial charge is 0.497 e. The zero-order chi connectivity index (χ0) is 15.9. The van der Waals surface area contributed by atoms with Gasteiger partial charge in [0.05, 0.1) is 12.7 Å². The van der Waals surface area contributed by atoms with E-state index in [-0.39, 0.29) is 11.4 Å². The Balaban J connectivity index is 0.000000796. The van der Waals surface area contributed by atoms with Crippen LogP contribution in [0.4, 0.5) is 18.9 Å². The SMILES string of the molecule is COc1cc(NC(=N)N)cc(C(F)(F)F)c1.O=[N+]([O-])O. The molecule has 8 nitrogen and oxygen atoms in total. The van der Waals surface area contributed by atoms with E-state index in [4.69, 9.17) is 31.2 Å². The third-order valence-corrected chi connectivity index (χ3v) is 1.75. The van der Waals surface area contributed by atoms with E-state index in [0.717, 1.165) is 12.1 Å². The van der Waals surface area contributed by atoms with Gasteiger partial charge in [0.1, 0.15) is 5.75 Å². The van der Waals surface area contributed by atoms with Crippen LogP contribution in [0.3, 0.4) is 0 Å². The quantitative estimate of drug-likeness (QED) is 0.284. The summed E-state index contributed by atoms with van der Waals surface area (Å²) in [5.41, 5.74) is 4.21. The summed E-state index contributed by atoms with van der Waals surface area (Å²) < 4.78 is 42.1. The highest BCUT2D eigenvalue weighted by Gasteiger charge is 2.31. The van der Waals surface area contributed by atoms with Crippen LogP contribution in [0.5, 0.6) is 5.75 Å². The highest BCUT2D eigenvalue weighted by Crippen LogP contribution is 2.33. The molecule has 112 valence electrons. The topological polar surface area (TPSA) is 134 Å². The van der Waals surface area contributed by atoms with Crippen molar-refractivity contribution in [2.45, 2.75) is 6.18 Å². The molecule has 0 saturated heterocycles. The van der Waals surface area contributed by atoms with Crippen molar-refractivity contribution >= 4 is 11.6 Å². The third kappa shape index (κ3) is 6.88. The van der Waals surface area contributed by atoms with Gasteiger partial charge in [0.15, 0.2) is 5.96 Å². The van der Waals surface area contributed by atoms with Crippen molar-refractivity contribution in [3.05, 3.63) is 33.9 Å². The molecule has 0 bridgehead atoms. The van der Waals surface area contributed by atoms with Gasteiger partial charge in [0, 0.05) is 11.8 Å². The van der Waals surface area contributed by atoms with E-state index in [1.165, 1.54) is 13.2 Å². The summed E-state index contributed by atoms with van der Waals surface area (Å²) in [7, 11) is 1.26. The summed E-state index contributed by atoms with van der Waals surface area (Å²) in [4.78, 5) is 8.36. The highest BCUT2D eigenvalue weighted by molar-refractivity contribution is 5.90. The summed E-state index contributed by atoms with van der Waals surface area (Å²) in [6.07, 6.45) is -4.47. The number of nitrogens with two attached hydrogens (primary N) is 1. The maximum atomic E-state index is 12.5. The van der Waals surface area contributed by atoms with Crippen LogP contribution < -0.4 is 15.8 Å². The maximum absolute atomic E-state index is 12.5. The van der Waals surface area contributed by atoms with E-state index in [1.54, 1.807) is 0 Å². The Kier molecular flexibility index (Phi) is 6.06. The number of methoxy groups -OCH3 is 1. The predicted molar refractivity (Wildman–Crippen MR) is 62.3 cm³/mol. The molecule has 1 aromatic carbocycles. The second kappa shape index (κ2) is 7.01. The lowest BCUT2D eigenvalue weighted by molar-refractivity contribution is -0.742. The van der Waals surface area contributed by atoms with Gasteiger partial charge in [-0.25, -0.2) is 0 Å². The number of nitrogens with zero attached hydrogens (tertiary/aromatic N) is 1. The number of anilines is 1. The van der Waals surface area contributed by atoms with E-state index in [2.05, 4.69) is 5.32 Å². The predicted octanol–water partition coefficient (Wildman–Crippen LogP) is 1.67. The van der Waals surface area contributed by atoms with Crippen molar-refractivity contribution in [1.29, 1.82) is 5.41 Å². The molecule has 0 fully saturated rings. The molecule has 0 spiro atoms. The van der Waals surface area contributed by atoms with Crippen LogP contribution in [0.25, 0.3) is 0 Å². The van der Waals surface area contributed by atoms with Gasteiger partial charge in [-0.1, -0.05) is 0 Å². The third-order valence-electron chi connectivity index (χ3n) is 1.75. The van der Waals surface area contributed by atoms with Gasteiger partial charge in [0.2, 0.25) is 0 Å². The van der Waals surface area contributed by atoms with Gasteiger partial charge in [-0.05, 0) is 12.1 Å². The molecule has 0 aliphatic heterocycles. The van der Waals surface area contributed by atoms with Gasteiger partial charge in [-0.15, -0.1) is 10.1 Å². The molecule has 5 N–H and O–H groups in total. The van der Waals surface area contributed by atoms with E-state index in [0.29, 0.717) is 0 Å². The average Bonchev–Trinajstić information content (AvgIpc) is 2.25. The molecule has 20 heavy (non-hydrogen) atoms. The van der Waals surface area contributed by atoms with E-state index in [1.807, 2.05) is 0 Å². The molecule has 0 heterocycles. The number of guanidine groups is 1. The van der Waals surface area contributed by atoms with Crippen LogP contribution in [0.2, 0.25) is 0 Å². The fourth-order valence-electron chi connectivity index (χ4n) is 1.11. The van der Waals surface area contributed by atoms with Gasteiger partial charge < -0.3 is 21.0 Å². The van der Waals surface area contributed by atoms with Crippen molar-refractivity contribution in [3.63, 3.8) is 0 Å². The van der Waals surface area contributed by atoms with Crippen molar-refractivity contribution in [2.24, 2.45) is 5.73 Å². The molecule has 0 amide bonds. The molecule has 0 aliphatic carbocycles. The summed E-state index contributed by atoms with van der Waals surface area (Å²) in [5.74, 6) is -0.403. The van der Waals surface area contributed by atoms with Crippen molar-refractivity contribution in [2.75, 3.05) is 12.4 Å². The maximum Gasteiger partial charge on any atom is 0.416 e. The number of halogens is 3. The fraction of sp³-hybridized carbons (Fsp3) is 0.222. The first-order valence-corrected chi connectivity index (χ1v) is 4.77. The number of rotatable bonds is 2. The second-order valence-corrected chi connectivity index (χ2v) is 3.22. The van der Waals surface area contributed by atoms with Crippen LogP contribution in [0, 0.1) is 15.5 Å². The van der Waals surface area contributed by atoms with Crippen LogP contribution in [-0.4, -0.2) is 23.4 Å². The Labute approximate surface area is 110 Å². The van der Waals surface area contributed by atoms with E-state index >= 15 is 0 Å². The summed E-state index contributed by atoms with van der Waals surface area (Å²) in [6.45, 7) is 0. The van der Waals surface area contributed by atoms with E-state index in [9.17, 15) is 13.2 Å². The molecule has 0 unspecified atom stereocenters. The molecular weight excluding hydrogens is 285 g/mol. The van der Waals surface area contributed by atoms with Crippen LogP contribution >= 0.6 is 0 Å². The molecule has 0 radical (unpaired) electrons. The van der Waals surface area contributed by atoms with Gasteiger partial charge in [-0.3, -0.25) is 5.41 Å². The minimum atomic E-state index is -4.47. The Bertz CT molecular complexity index is 489. The van der Waals surface area contributed by atoms with Crippen LogP contribution in [0.15, 0.2) is 18.2 Å².